The van der Waals surface area contributed by atoms with E-state index in [1.54, 1.807) is 25.1 Å². The molecule has 1 unspecified atom stereocenters. The number of hydrogen-bond donors (Lipinski definition) is 2. The molecule has 0 heterocycles. The molecule has 0 spiro atoms. The standard InChI is InChI=1S/C11H17BrN2O2S/c1-3-13-8-9(2)17(15,16)14-11-7-5-4-6-10(11)12/h4-7,9,13-14H,3,8H2,1-2H3. The molecule has 1 aromatic carbocycles. The van der Waals surface area contributed by atoms with E-state index in [1.807, 2.05) is 13.0 Å². The lowest BCUT2D eigenvalue weighted by Crippen LogP contribution is -2.34. The fraction of sp³-hybridized carbons (Fsp3) is 0.455. The number of para-hydroxylation sites is 1. The van der Waals surface area contributed by atoms with Gasteiger partial charge in [0.2, 0.25) is 10.0 Å². The first-order chi connectivity index (χ1) is 7.97. The monoisotopic (exact) mass is 320 g/mol. The summed E-state index contributed by atoms with van der Waals surface area (Å²) in [7, 11) is -3.35. The lowest BCUT2D eigenvalue weighted by Gasteiger charge is -2.15. The molecule has 0 amide bonds. The van der Waals surface area contributed by atoms with E-state index < -0.39 is 15.3 Å². The predicted molar refractivity (Wildman–Crippen MR) is 74.7 cm³/mol. The van der Waals surface area contributed by atoms with Gasteiger partial charge in [0, 0.05) is 11.0 Å². The maximum absolute atomic E-state index is 12.0. The highest BCUT2D eigenvalue weighted by Crippen LogP contribution is 2.23. The summed E-state index contributed by atoms with van der Waals surface area (Å²) < 4.78 is 27.3. The van der Waals surface area contributed by atoms with Gasteiger partial charge in [-0.25, -0.2) is 8.42 Å². The summed E-state index contributed by atoms with van der Waals surface area (Å²) in [6.45, 7) is 4.83. The van der Waals surface area contributed by atoms with Crippen molar-refractivity contribution in [3.8, 4) is 0 Å². The number of sulfonamides is 1. The van der Waals surface area contributed by atoms with Crippen molar-refractivity contribution < 1.29 is 8.42 Å². The van der Waals surface area contributed by atoms with Gasteiger partial charge in [-0.15, -0.1) is 0 Å². The van der Waals surface area contributed by atoms with Gasteiger partial charge in [0.1, 0.15) is 0 Å². The predicted octanol–water partition coefficient (Wildman–Crippen LogP) is 2.19. The van der Waals surface area contributed by atoms with Gasteiger partial charge in [0.15, 0.2) is 0 Å². The molecule has 0 aliphatic rings. The molecule has 1 rings (SSSR count). The van der Waals surface area contributed by atoms with Gasteiger partial charge in [-0.3, -0.25) is 4.72 Å². The summed E-state index contributed by atoms with van der Waals surface area (Å²) in [5.74, 6) is 0. The Morgan fingerprint density at radius 2 is 2.00 bits per heavy atom. The van der Waals surface area contributed by atoms with Crippen LogP contribution in [0.2, 0.25) is 0 Å². The lowest BCUT2D eigenvalue weighted by atomic mass is 10.3. The topological polar surface area (TPSA) is 58.2 Å². The van der Waals surface area contributed by atoms with E-state index in [0.717, 1.165) is 11.0 Å². The van der Waals surface area contributed by atoms with E-state index in [2.05, 4.69) is 26.0 Å². The van der Waals surface area contributed by atoms with Gasteiger partial charge in [-0.1, -0.05) is 19.1 Å². The molecule has 0 aliphatic carbocycles. The van der Waals surface area contributed by atoms with E-state index in [4.69, 9.17) is 0 Å². The highest BCUT2D eigenvalue weighted by molar-refractivity contribution is 9.10. The normalized spacial score (nSPS) is 13.4. The molecular formula is C11H17BrN2O2S. The zero-order chi connectivity index (χ0) is 12.9. The summed E-state index contributed by atoms with van der Waals surface area (Å²) in [6, 6.07) is 7.15. The Balaban J connectivity index is 2.76. The van der Waals surface area contributed by atoms with Crippen LogP contribution in [0.25, 0.3) is 0 Å². The maximum atomic E-state index is 12.0. The minimum Gasteiger partial charge on any atom is -0.316 e. The van der Waals surface area contributed by atoms with Crippen LogP contribution in [0.1, 0.15) is 13.8 Å². The summed E-state index contributed by atoms with van der Waals surface area (Å²) in [5, 5.41) is 2.55. The zero-order valence-corrected chi connectivity index (χ0v) is 12.3. The molecule has 0 aliphatic heterocycles. The fourth-order valence-electron chi connectivity index (χ4n) is 1.26. The Hall–Kier alpha value is -0.590. The van der Waals surface area contributed by atoms with E-state index in [1.165, 1.54) is 0 Å². The van der Waals surface area contributed by atoms with Gasteiger partial charge in [-0.05, 0) is 41.5 Å². The summed E-state index contributed by atoms with van der Waals surface area (Å²) in [5.41, 5.74) is 0.566. The minimum atomic E-state index is -3.35. The third-order valence-corrected chi connectivity index (χ3v) is 4.76. The molecule has 0 bridgehead atoms. The van der Waals surface area contributed by atoms with Crippen molar-refractivity contribution in [1.29, 1.82) is 0 Å². The van der Waals surface area contributed by atoms with Crippen LogP contribution < -0.4 is 10.0 Å². The van der Waals surface area contributed by atoms with Crippen LogP contribution in [0.4, 0.5) is 5.69 Å². The molecule has 4 nitrogen and oxygen atoms in total. The second-order valence-electron chi connectivity index (χ2n) is 3.75. The van der Waals surface area contributed by atoms with E-state index >= 15 is 0 Å². The molecule has 1 atom stereocenters. The van der Waals surface area contributed by atoms with Crippen LogP contribution in [0, 0.1) is 0 Å². The Labute approximate surface area is 111 Å². The molecule has 0 saturated heterocycles. The maximum Gasteiger partial charge on any atom is 0.236 e. The Morgan fingerprint density at radius 1 is 1.35 bits per heavy atom. The molecule has 0 radical (unpaired) electrons. The largest absolute Gasteiger partial charge is 0.316 e. The second-order valence-corrected chi connectivity index (χ2v) is 6.70. The smallest absolute Gasteiger partial charge is 0.236 e. The van der Waals surface area contributed by atoms with Crippen molar-refractivity contribution in [3.63, 3.8) is 0 Å². The number of nitrogens with one attached hydrogen (secondary N) is 2. The van der Waals surface area contributed by atoms with Crippen molar-refractivity contribution in [1.82, 2.24) is 5.32 Å². The summed E-state index contributed by atoms with van der Waals surface area (Å²) in [4.78, 5) is 0. The van der Waals surface area contributed by atoms with Crippen LogP contribution in [-0.4, -0.2) is 26.8 Å². The van der Waals surface area contributed by atoms with Crippen LogP contribution >= 0.6 is 15.9 Å². The molecular weight excluding hydrogens is 304 g/mol. The molecule has 2 N–H and O–H groups in total. The lowest BCUT2D eigenvalue weighted by molar-refractivity contribution is 0.579. The number of hydrogen-bond acceptors (Lipinski definition) is 3. The zero-order valence-electron chi connectivity index (χ0n) is 9.90. The van der Waals surface area contributed by atoms with Gasteiger partial charge < -0.3 is 5.32 Å². The van der Waals surface area contributed by atoms with E-state index in [0.29, 0.717) is 12.2 Å². The van der Waals surface area contributed by atoms with Crippen molar-refractivity contribution >= 4 is 31.6 Å². The summed E-state index contributed by atoms with van der Waals surface area (Å²) >= 11 is 3.31. The van der Waals surface area contributed by atoms with Gasteiger partial charge >= 0.3 is 0 Å². The number of halogens is 1. The first-order valence-corrected chi connectivity index (χ1v) is 7.78. The number of anilines is 1. The molecule has 1 aromatic rings. The van der Waals surface area contributed by atoms with Crippen LogP contribution in [0.15, 0.2) is 28.7 Å². The summed E-state index contributed by atoms with van der Waals surface area (Å²) in [6.07, 6.45) is 0. The first-order valence-electron chi connectivity index (χ1n) is 5.44. The van der Waals surface area contributed by atoms with E-state index in [9.17, 15) is 8.42 Å². The highest BCUT2D eigenvalue weighted by Gasteiger charge is 2.20. The highest BCUT2D eigenvalue weighted by atomic mass is 79.9. The van der Waals surface area contributed by atoms with Gasteiger partial charge in [-0.2, -0.15) is 0 Å². The van der Waals surface area contributed by atoms with Gasteiger partial charge in [0.25, 0.3) is 0 Å². The van der Waals surface area contributed by atoms with Crippen molar-refractivity contribution in [3.05, 3.63) is 28.7 Å². The molecule has 0 saturated carbocycles. The second kappa shape index (κ2) is 6.37. The van der Waals surface area contributed by atoms with E-state index in [-0.39, 0.29) is 0 Å². The van der Waals surface area contributed by atoms with Crippen molar-refractivity contribution in [2.75, 3.05) is 17.8 Å². The van der Waals surface area contributed by atoms with Crippen LogP contribution in [-0.2, 0) is 10.0 Å². The Morgan fingerprint density at radius 3 is 2.59 bits per heavy atom. The Bertz CT molecular complexity index is 462. The minimum absolute atomic E-state index is 0.441. The van der Waals surface area contributed by atoms with Crippen LogP contribution in [0.5, 0.6) is 0 Å². The molecule has 17 heavy (non-hydrogen) atoms. The van der Waals surface area contributed by atoms with Crippen molar-refractivity contribution in [2.24, 2.45) is 0 Å². The quantitative estimate of drug-likeness (QED) is 0.844. The Kier molecular flexibility index (Phi) is 5.42. The third-order valence-electron chi connectivity index (χ3n) is 2.34. The average molecular weight is 321 g/mol. The third kappa shape index (κ3) is 4.29. The van der Waals surface area contributed by atoms with Crippen molar-refractivity contribution in [2.45, 2.75) is 19.1 Å². The first kappa shape index (κ1) is 14.5. The molecule has 0 fully saturated rings. The number of benzene rings is 1. The molecule has 0 aromatic heterocycles. The van der Waals surface area contributed by atoms with Crippen LogP contribution in [0.3, 0.4) is 0 Å². The fourth-order valence-corrected chi connectivity index (χ4v) is 2.79. The average Bonchev–Trinajstić information content (AvgIpc) is 2.28. The molecule has 6 heteroatoms. The SMILES string of the molecule is CCNCC(C)S(=O)(=O)Nc1ccccc1Br. The number of rotatable bonds is 6. The molecule has 96 valence electrons. The van der Waals surface area contributed by atoms with Gasteiger partial charge in [0.05, 0.1) is 10.9 Å².